The summed E-state index contributed by atoms with van der Waals surface area (Å²) in [5.41, 5.74) is 0.435. The van der Waals surface area contributed by atoms with Crippen LogP contribution in [0.1, 0.15) is 19.4 Å². The highest BCUT2D eigenvalue weighted by molar-refractivity contribution is 7.54. The molecule has 0 saturated heterocycles. The van der Waals surface area contributed by atoms with Gasteiger partial charge in [0.1, 0.15) is 12.0 Å². The second-order valence-corrected chi connectivity index (χ2v) is 6.96. The minimum absolute atomic E-state index is 0.0683. The van der Waals surface area contributed by atoms with Gasteiger partial charge in [0.25, 0.3) is 0 Å². The molecule has 1 atom stereocenters. The first-order chi connectivity index (χ1) is 11.3. The number of carboxylic acid groups (broad SMARTS) is 1. The summed E-state index contributed by atoms with van der Waals surface area (Å²) in [5.74, 6) is -1.14. The minimum atomic E-state index is -3.64. The third-order valence-electron chi connectivity index (χ3n) is 3.02. The molecule has 0 bridgehead atoms. The van der Waals surface area contributed by atoms with Gasteiger partial charge in [-0.25, -0.2) is 9.18 Å². The molecule has 9 heteroatoms. The lowest BCUT2D eigenvalue weighted by atomic mass is 10.0. The number of hydrogen-bond donors (Lipinski definition) is 2. The van der Waals surface area contributed by atoms with E-state index in [4.69, 9.17) is 14.2 Å². The minimum Gasteiger partial charge on any atom is -0.465 e. The number of carbonyl (C=O) groups is 2. The van der Waals surface area contributed by atoms with Crippen LogP contribution in [-0.2, 0) is 24.8 Å². The van der Waals surface area contributed by atoms with Gasteiger partial charge in [0.05, 0.1) is 19.3 Å². The predicted octanol–water partition coefficient (Wildman–Crippen LogP) is 2.84. The maximum Gasteiger partial charge on any atom is 0.405 e. The van der Waals surface area contributed by atoms with Gasteiger partial charge in [-0.2, -0.15) is 0 Å². The molecule has 0 radical (unpaired) electrons. The average Bonchev–Trinajstić information content (AvgIpc) is 2.46. The number of halogens is 1. The molecule has 134 valence electrons. The van der Waals surface area contributed by atoms with Crippen molar-refractivity contribution in [3.63, 3.8) is 0 Å². The van der Waals surface area contributed by atoms with Crippen LogP contribution in [0.25, 0.3) is 0 Å². The van der Waals surface area contributed by atoms with Crippen molar-refractivity contribution in [3.05, 3.63) is 35.6 Å². The van der Waals surface area contributed by atoms with Crippen LogP contribution in [-0.4, -0.2) is 42.4 Å². The first-order valence-electron chi connectivity index (χ1n) is 7.44. The van der Waals surface area contributed by atoms with E-state index in [2.05, 4.69) is 5.32 Å². The molecule has 1 amide bonds. The van der Waals surface area contributed by atoms with E-state index in [-0.39, 0.29) is 19.6 Å². The van der Waals surface area contributed by atoms with Crippen LogP contribution in [0.5, 0.6) is 0 Å². The van der Waals surface area contributed by atoms with Crippen LogP contribution in [0.3, 0.4) is 0 Å². The molecule has 24 heavy (non-hydrogen) atoms. The number of benzene rings is 1. The maximum atomic E-state index is 13.2. The second-order valence-electron chi connectivity index (χ2n) is 4.91. The summed E-state index contributed by atoms with van der Waals surface area (Å²) in [6.07, 6.45) is -2.04. The van der Waals surface area contributed by atoms with Gasteiger partial charge in [-0.05, 0) is 38.0 Å². The summed E-state index contributed by atoms with van der Waals surface area (Å²) in [6.45, 7) is 3.39. The summed E-state index contributed by atoms with van der Waals surface area (Å²) < 4.78 is 35.8. The molecular formula is C15H21FNO6P. The summed E-state index contributed by atoms with van der Waals surface area (Å²) in [4.78, 5) is 23.3. The zero-order valence-corrected chi connectivity index (χ0v) is 14.4. The molecule has 1 rings (SSSR count). The van der Waals surface area contributed by atoms with Crippen molar-refractivity contribution in [2.24, 2.45) is 0 Å². The molecule has 0 saturated carbocycles. The molecule has 0 aromatic heterocycles. The Morgan fingerprint density at radius 2 is 1.92 bits per heavy atom. The van der Waals surface area contributed by atoms with Crippen LogP contribution in [0, 0.1) is 5.82 Å². The molecule has 0 fully saturated rings. The van der Waals surface area contributed by atoms with Crippen molar-refractivity contribution in [1.29, 1.82) is 0 Å². The Hall–Kier alpha value is -1.76. The Morgan fingerprint density at radius 1 is 1.29 bits per heavy atom. The Balaban J connectivity index is 2.91. The molecule has 0 aliphatic carbocycles. The lowest BCUT2D eigenvalue weighted by Gasteiger charge is -2.20. The molecular weight excluding hydrogens is 340 g/mol. The topological polar surface area (TPSA) is 102 Å². The highest BCUT2D eigenvalue weighted by Gasteiger charge is 2.32. The Labute approximate surface area is 139 Å². The van der Waals surface area contributed by atoms with Crippen LogP contribution in [0.4, 0.5) is 9.18 Å². The maximum absolute atomic E-state index is 13.2. The second kappa shape index (κ2) is 9.52. The predicted molar refractivity (Wildman–Crippen MR) is 85.8 cm³/mol. The monoisotopic (exact) mass is 361 g/mol. The third-order valence-corrected chi connectivity index (χ3v) is 5.02. The van der Waals surface area contributed by atoms with Gasteiger partial charge in [-0.15, -0.1) is 0 Å². The number of Topliss-reactive ketones (excluding diaryl/α,β-unsaturated/α-hetero) is 1. The fraction of sp³-hybridized carbons (Fsp3) is 0.467. The molecule has 1 aromatic rings. The van der Waals surface area contributed by atoms with E-state index in [1.54, 1.807) is 19.9 Å². The van der Waals surface area contributed by atoms with Crippen molar-refractivity contribution in [2.45, 2.75) is 26.3 Å². The van der Waals surface area contributed by atoms with Crippen LogP contribution >= 0.6 is 7.60 Å². The van der Waals surface area contributed by atoms with Gasteiger partial charge in [0.15, 0.2) is 5.78 Å². The summed E-state index contributed by atoms with van der Waals surface area (Å²) >= 11 is 0. The zero-order chi connectivity index (χ0) is 18.2. The van der Waals surface area contributed by atoms with E-state index >= 15 is 0 Å². The standard InChI is InChI=1S/C15H21FNO6P/c1-3-22-24(21,23-4-2)10-14(18)13(17-15(19)20)9-11-6-5-7-12(16)8-11/h5-8,13,17H,3-4,9-10H2,1-2H3,(H,19,20). The van der Waals surface area contributed by atoms with Crippen LogP contribution in [0.2, 0.25) is 0 Å². The normalized spacial score (nSPS) is 12.6. The lowest BCUT2D eigenvalue weighted by molar-refractivity contribution is -0.118. The lowest BCUT2D eigenvalue weighted by Crippen LogP contribution is -2.43. The fourth-order valence-corrected chi connectivity index (χ4v) is 3.76. The van der Waals surface area contributed by atoms with Gasteiger partial charge in [-0.3, -0.25) is 9.36 Å². The average molecular weight is 361 g/mol. The zero-order valence-electron chi connectivity index (χ0n) is 13.5. The molecule has 1 unspecified atom stereocenters. The first kappa shape index (κ1) is 20.3. The quantitative estimate of drug-likeness (QED) is 0.622. The summed E-state index contributed by atoms with van der Waals surface area (Å²) in [7, 11) is -3.64. The Bertz CT molecular complexity index is 614. The van der Waals surface area contributed by atoms with Crippen molar-refractivity contribution in [3.8, 4) is 0 Å². The fourth-order valence-electron chi connectivity index (χ4n) is 2.12. The van der Waals surface area contributed by atoms with E-state index in [1.165, 1.54) is 18.2 Å². The highest BCUT2D eigenvalue weighted by Crippen LogP contribution is 2.48. The van der Waals surface area contributed by atoms with Gasteiger partial charge < -0.3 is 19.5 Å². The number of amides is 1. The van der Waals surface area contributed by atoms with Crippen molar-refractivity contribution in [1.82, 2.24) is 5.32 Å². The van der Waals surface area contributed by atoms with Gasteiger partial charge >= 0.3 is 13.7 Å². The molecule has 0 spiro atoms. The Morgan fingerprint density at radius 3 is 2.42 bits per heavy atom. The van der Waals surface area contributed by atoms with Gasteiger partial charge in [0, 0.05) is 0 Å². The smallest absolute Gasteiger partial charge is 0.405 e. The number of ketones is 1. The van der Waals surface area contributed by atoms with E-state index in [1.807, 2.05) is 0 Å². The number of rotatable bonds is 10. The third kappa shape index (κ3) is 6.78. The molecule has 2 N–H and O–H groups in total. The molecule has 0 heterocycles. The highest BCUT2D eigenvalue weighted by atomic mass is 31.2. The van der Waals surface area contributed by atoms with Crippen molar-refractivity contribution in [2.75, 3.05) is 19.4 Å². The number of hydrogen-bond acceptors (Lipinski definition) is 5. The number of nitrogens with one attached hydrogen (secondary N) is 1. The summed E-state index contributed by atoms with van der Waals surface area (Å²) in [5, 5.41) is 11.0. The van der Waals surface area contributed by atoms with Gasteiger partial charge in [-0.1, -0.05) is 12.1 Å². The van der Waals surface area contributed by atoms with Crippen molar-refractivity contribution < 1.29 is 32.7 Å². The molecule has 0 aliphatic heterocycles. The first-order valence-corrected chi connectivity index (χ1v) is 9.17. The number of carbonyl (C=O) groups excluding carboxylic acids is 1. The molecule has 0 aliphatic rings. The SMILES string of the molecule is CCOP(=O)(CC(=O)C(Cc1cccc(F)c1)NC(=O)O)OCC. The summed E-state index contributed by atoms with van der Waals surface area (Å²) in [6, 6.07) is 4.28. The Kier molecular flexibility index (Phi) is 8.04. The van der Waals surface area contributed by atoms with Crippen molar-refractivity contribution >= 4 is 19.5 Å². The largest absolute Gasteiger partial charge is 0.465 e. The van der Waals surface area contributed by atoms with E-state index in [9.17, 15) is 18.5 Å². The van der Waals surface area contributed by atoms with E-state index < -0.39 is 37.5 Å². The van der Waals surface area contributed by atoms with E-state index in [0.717, 1.165) is 0 Å². The van der Waals surface area contributed by atoms with Gasteiger partial charge in [0.2, 0.25) is 0 Å². The molecule has 1 aromatic carbocycles. The molecule has 7 nitrogen and oxygen atoms in total. The van der Waals surface area contributed by atoms with E-state index in [0.29, 0.717) is 5.56 Å². The van der Waals surface area contributed by atoms with Crippen LogP contribution < -0.4 is 5.32 Å². The van der Waals surface area contributed by atoms with Crippen LogP contribution in [0.15, 0.2) is 24.3 Å².